The molecule has 40 heavy (non-hydrogen) atoms. The molecule has 0 bridgehead atoms. The monoisotopic (exact) mass is 542 g/mol. The first-order valence-electron chi connectivity index (χ1n) is 14.6. The van der Waals surface area contributed by atoms with Crippen LogP contribution in [-0.2, 0) is 18.4 Å². The van der Waals surface area contributed by atoms with Crippen LogP contribution < -0.4 is 5.32 Å². The zero-order valence-corrected chi connectivity index (χ0v) is 24.4. The lowest BCUT2D eigenvalue weighted by molar-refractivity contribution is -0.144. The van der Waals surface area contributed by atoms with Crippen molar-refractivity contribution in [3.63, 3.8) is 0 Å². The summed E-state index contributed by atoms with van der Waals surface area (Å²) in [5.41, 5.74) is 5.05. The fourth-order valence-corrected chi connectivity index (χ4v) is 6.31. The van der Waals surface area contributed by atoms with E-state index in [1.165, 1.54) is 5.57 Å². The second-order valence-corrected chi connectivity index (χ2v) is 11.6. The average Bonchev–Trinajstić information content (AvgIpc) is 3.32. The molecule has 1 amide bonds. The molecule has 3 aliphatic heterocycles. The zero-order valence-electron chi connectivity index (χ0n) is 24.4. The van der Waals surface area contributed by atoms with Crippen LogP contribution in [0.1, 0.15) is 68.9 Å². The summed E-state index contributed by atoms with van der Waals surface area (Å²) in [4.78, 5) is 35.5. The van der Waals surface area contributed by atoms with Crippen LogP contribution in [0.3, 0.4) is 0 Å². The minimum absolute atomic E-state index is 0.119. The smallest absolute Gasteiger partial charge is 0.243 e. The van der Waals surface area contributed by atoms with Gasteiger partial charge in [0.15, 0.2) is 5.78 Å². The maximum absolute atomic E-state index is 14.0. The number of hydrogen-bond donors (Lipinski definition) is 1. The van der Waals surface area contributed by atoms with Gasteiger partial charge in [-0.15, -0.1) is 0 Å². The van der Waals surface area contributed by atoms with Gasteiger partial charge in [-0.05, 0) is 50.3 Å². The standard InChI is InChI=1S/C32H42N6O2/c1-6-29(39)26-9-7-8-25(19-26)27-20-36(5)35-28(27)21-38-17-14-33-32(31(38)40)12-15-37(16-13-32)30-23(3)11-10-22(2)18-24(4)34-30/h7-9,18-20,23,33H,4,6,10-17,21H2,1-3,5H3/b22-18-,34-30?. The number of nitrogens with one attached hydrogen (secondary N) is 1. The number of benzene rings is 1. The molecule has 1 aromatic heterocycles. The summed E-state index contributed by atoms with van der Waals surface area (Å²) in [5.74, 6) is 1.73. The van der Waals surface area contributed by atoms with E-state index in [0.29, 0.717) is 31.0 Å². The number of piperazine rings is 1. The van der Waals surface area contributed by atoms with Crippen molar-refractivity contribution in [2.75, 3.05) is 26.2 Å². The second-order valence-electron chi connectivity index (χ2n) is 11.6. The van der Waals surface area contributed by atoms with Gasteiger partial charge in [-0.1, -0.05) is 44.2 Å². The molecule has 8 nitrogen and oxygen atoms in total. The van der Waals surface area contributed by atoms with Gasteiger partial charge in [-0.2, -0.15) is 5.10 Å². The predicted molar refractivity (Wildman–Crippen MR) is 159 cm³/mol. The molecular formula is C32H42N6O2. The number of likely N-dealkylation sites (tertiary alicyclic amines) is 1. The van der Waals surface area contributed by atoms with E-state index in [0.717, 1.165) is 73.7 Å². The molecule has 212 valence electrons. The highest BCUT2D eigenvalue weighted by Crippen LogP contribution is 2.32. The molecule has 0 saturated carbocycles. The summed E-state index contributed by atoms with van der Waals surface area (Å²) >= 11 is 0. The van der Waals surface area contributed by atoms with E-state index < -0.39 is 5.54 Å². The Bertz CT molecular complexity index is 1360. The number of aromatic nitrogens is 2. The Balaban J connectivity index is 1.31. The van der Waals surface area contributed by atoms with Crippen LogP contribution in [0.4, 0.5) is 0 Å². The van der Waals surface area contributed by atoms with Crippen molar-refractivity contribution >= 4 is 17.5 Å². The summed E-state index contributed by atoms with van der Waals surface area (Å²) in [5, 5.41) is 8.34. The number of carbonyl (C=O) groups excluding carboxylic acids is 2. The minimum Gasteiger partial charge on any atom is -0.360 e. The lowest BCUT2D eigenvalue weighted by Gasteiger charge is -2.48. The number of rotatable bonds is 5. The SMILES string of the molecule is C=C1/C=C(/C)CCC(C)C(N2CCC3(CC2)NCCN(Cc2nn(C)cc2-c2cccc(C(=O)CC)c2)C3=O)=N1. The molecule has 0 aliphatic carbocycles. The molecule has 0 radical (unpaired) electrons. The first-order chi connectivity index (χ1) is 19.2. The predicted octanol–water partition coefficient (Wildman–Crippen LogP) is 4.73. The molecule has 1 spiro atoms. The number of allylic oxidation sites excluding steroid dienone is 2. The van der Waals surface area contributed by atoms with E-state index >= 15 is 0 Å². The third-order valence-corrected chi connectivity index (χ3v) is 8.63. The highest BCUT2D eigenvalue weighted by molar-refractivity contribution is 5.97. The van der Waals surface area contributed by atoms with Crippen molar-refractivity contribution in [2.45, 2.75) is 65.0 Å². The number of aliphatic imine (C=N–C) groups is 1. The lowest BCUT2D eigenvalue weighted by Crippen LogP contribution is -2.67. The van der Waals surface area contributed by atoms with Crippen LogP contribution in [-0.4, -0.2) is 68.8 Å². The van der Waals surface area contributed by atoms with Crippen LogP contribution in [0, 0.1) is 5.92 Å². The fourth-order valence-electron chi connectivity index (χ4n) is 6.31. The third kappa shape index (κ3) is 5.68. The summed E-state index contributed by atoms with van der Waals surface area (Å²) in [7, 11) is 1.90. The Morgan fingerprint density at radius 2 is 2.00 bits per heavy atom. The van der Waals surface area contributed by atoms with Gasteiger partial charge in [-0.25, -0.2) is 4.99 Å². The number of Topliss-reactive ketones (excluding diaryl/α,β-unsaturated/α-hetero) is 1. The largest absolute Gasteiger partial charge is 0.360 e. The number of nitrogens with zero attached hydrogens (tertiary/aromatic N) is 5. The number of piperidine rings is 1. The maximum atomic E-state index is 14.0. The molecule has 2 fully saturated rings. The Hall–Kier alpha value is -3.52. The molecule has 1 N–H and O–H groups in total. The van der Waals surface area contributed by atoms with E-state index in [4.69, 9.17) is 10.1 Å². The highest BCUT2D eigenvalue weighted by Gasteiger charge is 2.46. The Kier molecular flexibility index (Phi) is 8.08. The highest BCUT2D eigenvalue weighted by atomic mass is 16.2. The molecule has 1 atom stereocenters. The summed E-state index contributed by atoms with van der Waals surface area (Å²) in [6, 6.07) is 7.72. The number of aryl methyl sites for hydroxylation is 1. The van der Waals surface area contributed by atoms with Crippen molar-refractivity contribution in [3.05, 3.63) is 65.6 Å². The number of amidine groups is 1. The van der Waals surface area contributed by atoms with Crippen LogP contribution in [0.25, 0.3) is 11.1 Å². The summed E-state index contributed by atoms with van der Waals surface area (Å²) in [6.45, 7) is 13.9. The number of hydrogen-bond acceptors (Lipinski definition) is 6. The Morgan fingerprint density at radius 1 is 1.23 bits per heavy atom. The van der Waals surface area contributed by atoms with Crippen molar-refractivity contribution in [1.29, 1.82) is 0 Å². The molecule has 4 heterocycles. The third-order valence-electron chi connectivity index (χ3n) is 8.63. The van der Waals surface area contributed by atoms with Gasteiger partial charge in [0.1, 0.15) is 11.4 Å². The van der Waals surface area contributed by atoms with Gasteiger partial charge in [0, 0.05) is 62.9 Å². The van der Waals surface area contributed by atoms with E-state index in [1.807, 2.05) is 49.3 Å². The van der Waals surface area contributed by atoms with Gasteiger partial charge >= 0.3 is 0 Å². The molecule has 1 aromatic carbocycles. The molecule has 2 aromatic rings. The molecule has 2 saturated heterocycles. The van der Waals surface area contributed by atoms with Crippen LogP contribution in [0.15, 0.2) is 59.4 Å². The second kappa shape index (κ2) is 11.5. The van der Waals surface area contributed by atoms with Crippen molar-refractivity contribution in [3.8, 4) is 11.1 Å². The number of carbonyl (C=O) groups is 2. The van der Waals surface area contributed by atoms with Gasteiger partial charge in [-0.3, -0.25) is 14.3 Å². The van der Waals surface area contributed by atoms with Gasteiger partial charge in [0.25, 0.3) is 0 Å². The van der Waals surface area contributed by atoms with Crippen LogP contribution in [0.5, 0.6) is 0 Å². The fraction of sp³-hybridized carbons (Fsp3) is 0.500. The van der Waals surface area contributed by atoms with Gasteiger partial charge in [0.05, 0.1) is 17.9 Å². The zero-order chi connectivity index (χ0) is 28.4. The number of amides is 1. The van der Waals surface area contributed by atoms with E-state index in [1.54, 1.807) is 4.68 Å². The van der Waals surface area contributed by atoms with Gasteiger partial charge < -0.3 is 15.1 Å². The Morgan fingerprint density at radius 3 is 2.75 bits per heavy atom. The first-order valence-corrected chi connectivity index (χ1v) is 14.6. The molecule has 3 aliphatic rings. The van der Waals surface area contributed by atoms with E-state index in [-0.39, 0.29) is 11.7 Å². The molecule has 8 heteroatoms. The molecule has 5 rings (SSSR count). The van der Waals surface area contributed by atoms with Crippen molar-refractivity contribution < 1.29 is 9.59 Å². The minimum atomic E-state index is -0.559. The summed E-state index contributed by atoms with van der Waals surface area (Å²) < 4.78 is 1.79. The Labute approximate surface area is 237 Å². The quantitative estimate of drug-likeness (QED) is 0.552. The topological polar surface area (TPSA) is 82.8 Å². The lowest BCUT2D eigenvalue weighted by atomic mass is 9.83. The maximum Gasteiger partial charge on any atom is 0.243 e. The van der Waals surface area contributed by atoms with Crippen molar-refractivity contribution in [2.24, 2.45) is 18.0 Å². The number of ketones is 1. The molecular weight excluding hydrogens is 500 g/mol. The average molecular weight is 543 g/mol. The van der Waals surface area contributed by atoms with Crippen molar-refractivity contribution in [1.82, 2.24) is 24.9 Å². The first kappa shape index (κ1) is 28.0. The van der Waals surface area contributed by atoms with Crippen LogP contribution >= 0.6 is 0 Å². The van der Waals surface area contributed by atoms with Gasteiger partial charge in [0.2, 0.25) is 5.91 Å². The normalized spacial score (nSPS) is 22.9. The van der Waals surface area contributed by atoms with E-state index in [2.05, 4.69) is 36.7 Å². The summed E-state index contributed by atoms with van der Waals surface area (Å²) in [6.07, 6.45) is 8.15. The molecule has 1 unspecified atom stereocenters. The van der Waals surface area contributed by atoms with E-state index in [9.17, 15) is 9.59 Å². The van der Waals surface area contributed by atoms with Crippen LogP contribution in [0.2, 0.25) is 0 Å².